The van der Waals surface area contributed by atoms with E-state index in [2.05, 4.69) is 30.2 Å². The number of thioether (sulfide) groups is 1. The molecule has 0 atom stereocenters. The Morgan fingerprint density at radius 2 is 1.82 bits per heavy atom. The number of anilines is 1. The van der Waals surface area contributed by atoms with Crippen LogP contribution in [0.4, 0.5) is 5.69 Å². The Hall–Kier alpha value is -0.930. The minimum atomic E-state index is 0. The number of hydrogen-bond donors (Lipinski definition) is 1. The molecule has 0 aromatic heterocycles. The Morgan fingerprint density at radius 1 is 1.18 bits per heavy atom. The van der Waals surface area contributed by atoms with Crippen LogP contribution in [0.5, 0.6) is 0 Å². The van der Waals surface area contributed by atoms with Crippen molar-refractivity contribution in [2.45, 2.75) is 25.5 Å². The molecule has 2 rings (SSSR count). The van der Waals surface area contributed by atoms with E-state index >= 15 is 0 Å². The molecule has 17 heavy (non-hydrogen) atoms. The zero-order valence-corrected chi connectivity index (χ0v) is 11.9. The highest BCUT2D eigenvalue weighted by Gasteiger charge is 2.23. The first kappa shape index (κ1) is 14.1. The molecule has 1 heterocycles. The third kappa shape index (κ3) is 4.10. The van der Waals surface area contributed by atoms with E-state index in [0.29, 0.717) is 0 Å². The number of aliphatic imine (C=N–C) groups is 1. The molecule has 0 saturated heterocycles. The van der Waals surface area contributed by atoms with Gasteiger partial charge in [0.2, 0.25) is 0 Å². The summed E-state index contributed by atoms with van der Waals surface area (Å²) in [7, 11) is 0. The van der Waals surface area contributed by atoms with Crippen LogP contribution in [0.3, 0.4) is 0 Å². The monoisotopic (exact) mass is 268 g/mol. The summed E-state index contributed by atoms with van der Waals surface area (Å²) in [6.45, 7) is 6.43. The summed E-state index contributed by atoms with van der Waals surface area (Å²) in [5, 5.41) is 4.31. The lowest BCUT2D eigenvalue weighted by atomic mass is 10.2. The molecule has 4 heteroatoms. The first-order valence-corrected chi connectivity index (χ1v) is 6.16. The number of allylic oxidation sites excluding steroid dienone is 1. The van der Waals surface area contributed by atoms with Gasteiger partial charge in [0.1, 0.15) is 0 Å². The van der Waals surface area contributed by atoms with Crippen LogP contribution < -0.4 is 5.32 Å². The molecule has 0 bridgehead atoms. The van der Waals surface area contributed by atoms with Crippen LogP contribution in [0.15, 0.2) is 47.1 Å². The van der Waals surface area contributed by atoms with Gasteiger partial charge in [0, 0.05) is 16.1 Å². The average molecular weight is 269 g/mol. The Labute approximate surface area is 113 Å². The fourth-order valence-electron chi connectivity index (χ4n) is 1.70. The van der Waals surface area contributed by atoms with Gasteiger partial charge in [-0.25, -0.2) is 4.99 Å². The van der Waals surface area contributed by atoms with Crippen molar-refractivity contribution in [3.05, 3.63) is 42.1 Å². The van der Waals surface area contributed by atoms with Crippen LogP contribution in [0.1, 0.15) is 20.8 Å². The largest absolute Gasteiger partial charge is 0.335 e. The molecular weight excluding hydrogens is 252 g/mol. The summed E-state index contributed by atoms with van der Waals surface area (Å²) < 4.78 is 0.114. The molecule has 2 nitrogen and oxygen atoms in total. The van der Waals surface area contributed by atoms with Gasteiger partial charge >= 0.3 is 0 Å². The molecule has 0 fully saturated rings. The average Bonchev–Trinajstić information content (AvgIpc) is 2.15. The summed E-state index contributed by atoms with van der Waals surface area (Å²) >= 11 is 1.75. The van der Waals surface area contributed by atoms with E-state index in [-0.39, 0.29) is 17.2 Å². The van der Waals surface area contributed by atoms with Crippen molar-refractivity contribution in [3.8, 4) is 0 Å². The van der Waals surface area contributed by atoms with E-state index in [1.807, 2.05) is 37.3 Å². The second-order valence-electron chi connectivity index (χ2n) is 4.40. The van der Waals surface area contributed by atoms with Crippen LogP contribution >= 0.6 is 24.2 Å². The Bertz CT molecular complexity index is 438. The van der Waals surface area contributed by atoms with Crippen molar-refractivity contribution in [1.29, 1.82) is 0 Å². The molecular formula is C13H17ClN2S. The van der Waals surface area contributed by atoms with E-state index < -0.39 is 0 Å². The van der Waals surface area contributed by atoms with Gasteiger partial charge in [-0.3, -0.25) is 0 Å². The second kappa shape index (κ2) is 5.61. The third-order valence-corrected chi connectivity index (χ3v) is 3.25. The minimum absolute atomic E-state index is 0. The molecule has 0 spiro atoms. The molecule has 1 aliphatic heterocycles. The number of halogens is 1. The smallest absolute Gasteiger partial charge is 0.166 e. The first-order chi connectivity index (χ1) is 7.55. The zero-order chi connectivity index (χ0) is 11.6. The SMILES string of the molecule is CC1=CC(C)(C)SC(Nc2ccccc2)=N1.Cl. The van der Waals surface area contributed by atoms with Gasteiger partial charge in [0.25, 0.3) is 0 Å². The van der Waals surface area contributed by atoms with Crippen molar-refractivity contribution in [1.82, 2.24) is 0 Å². The number of nitrogens with zero attached hydrogens (tertiary/aromatic N) is 1. The van der Waals surface area contributed by atoms with Crippen molar-refractivity contribution in [2.24, 2.45) is 4.99 Å². The number of rotatable bonds is 1. The highest BCUT2D eigenvalue weighted by molar-refractivity contribution is 8.15. The molecule has 0 radical (unpaired) electrons. The standard InChI is InChI=1S/C13H16N2S.ClH/c1-10-9-13(2,3)16-12(14-10)15-11-7-5-4-6-8-11;/h4-9H,1-3H3,(H,14,15);1H. The summed E-state index contributed by atoms with van der Waals surface area (Å²) in [5.74, 6) is 0. The maximum absolute atomic E-state index is 4.50. The topological polar surface area (TPSA) is 24.4 Å². The molecule has 1 aromatic rings. The van der Waals surface area contributed by atoms with Crippen molar-refractivity contribution in [3.63, 3.8) is 0 Å². The first-order valence-electron chi connectivity index (χ1n) is 5.34. The molecule has 1 aromatic carbocycles. The lowest BCUT2D eigenvalue weighted by Crippen LogP contribution is -2.22. The highest BCUT2D eigenvalue weighted by Crippen LogP contribution is 2.33. The van der Waals surface area contributed by atoms with Gasteiger partial charge in [0.15, 0.2) is 5.17 Å². The van der Waals surface area contributed by atoms with E-state index in [0.717, 1.165) is 16.6 Å². The normalized spacial score (nSPS) is 17.6. The highest BCUT2D eigenvalue weighted by atomic mass is 35.5. The quantitative estimate of drug-likeness (QED) is 0.821. The summed E-state index contributed by atoms with van der Waals surface area (Å²) in [6, 6.07) is 10.1. The van der Waals surface area contributed by atoms with Gasteiger partial charge in [-0.05, 0) is 39.0 Å². The Balaban J connectivity index is 0.00000144. The third-order valence-electron chi connectivity index (χ3n) is 2.22. The van der Waals surface area contributed by atoms with Crippen molar-refractivity contribution in [2.75, 3.05) is 5.32 Å². The predicted octanol–water partition coefficient (Wildman–Crippen LogP) is 4.31. The van der Waals surface area contributed by atoms with Gasteiger partial charge in [-0.2, -0.15) is 0 Å². The molecule has 1 N–H and O–H groups in total. The number of benzene rings is 1. The van der Waals surface area contributed by atoms with Crippen LogP contribution in [-0.4, -0.2) is 9.91 Å². The van der Waals surface area contributed by atoms with E-state index in [4.69, 9.17) is 0 Å². The van der Waals surface area contributed by atoms with Gasteiger partial charge in [-0.15, -0.1) is 12.4 Å². The number of amidine groups is 1. The van der Waals surface area contributed by atoms with Gasteiger partial charge < -0.3 is 5.32 Å². The van der Waals surface area contributed by atoms with Crippen LogP contribution in [0.2, 0.25) is 0 Å². The van der Waals surface area contributed by atoms with Crippen LogP contribution in [0.25, 0.3) is 0 Å². The predicted molar refractivity (Wildman–Crippen MR) is 80.2 cm³/mol. The Kier molecular flexibility index (Phi) is 4.66. The number of para-hydroxylation sites is 1. The number of nitrogens with one attached hydrogen (secondary N) is 1. The maximum atomic E-state index is 4.50. The minimum Gasteiger partial charge on any atom is -0.335 e. The van der Waals surface area contributed by atoms with E-state index in [1.54, 1.807) is 11.8 Å². The van der Waals surface area contributed by atoms with Gasteiger partial charge in [0.05, 0.1) is 0 Å². The fourth-order valence-corrected chi connectivity index (χ4v) is 2.78. The van der Waals surface area contributed by atoms with Crippen LogP contribution in [-0.2, 0) is 0 Å². The molecule has 0 amide bonds. The lowest BCUT2D eigenvalue weighted by molar-refractivity contribution is 0.885. The molecule has 0 saturated carbocycles. The maximum Gasteiger partial charge on any atom is 0.166 e. The van der Waals surface area contributed by atoms with Crippen molar-refractivity contribution >= 4 is 35.0 Å². The van der Waals surface area contributed by atoms with Gasteiger partial charge in [-0.1, -0.05) is 30.0 Å². The van der Waals surface area contributed by atoms with Crippen LogP contribution in [0, 0.1) is 0 Å². The van der Waals surface area contributed by atoms with Crippen molar-refractivity contribution < 1.29 is 0 Å². The molecule has 1 aliphatic rings. The zero-order valence-electron chi connectivity index (χ0n) is 10.2. The molecule has 0 aliphatic carbocycles. The number of hydrogen-bond acceptors (Lipinski definition) is 3. The Morgan fingerprint density at radius 3 is 2.41 bits per heavy atom. The van der Waals surface area contributed by atoms with E-state index in [1.165, 1.54) is 0 Å². The summed E-state index contributed by atoms with van der Waals surface area (Å²) in [4.78, 5) is 4.50. The molecule has 92 valence electrons. The summed E-state index contributed by atoms with van der Waals surface area (Å²) in [6.07, 6.45) is 2.19. The lowest BCUT2D eigenvalue weighted by Gasteiger charge is -2.25. The fraction of sp³-hybridized carbons (Fsp3) is 0.308. The van der Waals surface area contributed by atoms with E-state index in [9.17, 15) is 0 Å². The summed E-state index contributed by atoms with van der Waals surface area (Å²) in [5.41, 5.74) is 2.15. The second-order valence-corrected chi connectivity index (χ2v) is 6.04. The molecule has 0 unspecified atom stereocenters.